The molecule has 1 saturated carbocycles. The maximum absolute atomic E-state index is 13.3. The standard InChI is InChI=1S/C28H28N6O2S/c1-16-24(37-26(32-16)25-30-10-7-11-31-25)27(35)34-14-19-20(15-34)23(19)36-22-13-18(28(2,3)29)12-21(33-22)17-8-5-4-6-9-17/h4-13,19-20,23H,14-15,29H2,1-3H3/t19-,20+,23-. The van der Waals surface area contributed by atoms with Crippen molar-refractivity contribution in [3.8, 4) is 28.0 Å². The van der Waals surface area contributed by atoms with E-state index in [4.69, 9.17) is 15.5 Å². The van der Waals surface area contributed by atoms with Crippen LogP contribution < -0.4 is 10.5 Å². The van der Waals surface area contributed by atoms with E-state index in [2.05, 4.69) is 15.0 Å². The van der Waals surface area contributed by atoms with Crippen molar-refractivity contribution in [3.05, 3.63) is 77.1 Å². The van der Waals surface area contributed by atoms with Crippen LogP contribution in [-0.2, 0) is 5.54 Å². The second-order valence-corrected chi connectivity index (χ2v) is 11.3. The lowest BCUT2D eigenvalue weighted by Crippen LogP contribution is -2.33. The van der Waals surface area contributed by atoms with Gasteiger partial charge < -0.3 is 15.4 Å². The van der Waals surface area contributed by atoms with Gasteiger partial charge in [0.05, 0.1) is 11.4 Å². The van der Waals surface area contributed by atoms with E-state index < -0.39 is 5.54 Å². The van der Waals surface area contributed by atoms with Gasteiger partial charge in [-0.05, 0) is 38.5 Å². The SMILES string of the molecule is Cc1nc(-c2ncccn2)sc1C(=O)N1C[C@@H]2[C@H](C1)[C@@H]2Oc1cc(C(C)(C)N)cc(-c2ccccc2)n1. The molecule has 4 aromatic rings. The number of likely N-dealkylation sites (tertiary alicyclic amines) is 1. The first kappa shape index (κ1) is 23.7. The van der Waals surface area contributed by atoms with E-state index in [1.807, 2.05) is 68.1 Å². The lowest BCUT2D eigenvalue weighted by Gasteiger charge is -2.22. The summed E-state index contributed by atoms with van der Waals surface area (Å²) < 4.78 is 6.38. The van der Waals surface area contributed by atoms with Crippen molar-refractivity contribution in [1.82, 2.24) is 24.8 Å². The summed E-state index contributed by atoms with van der Waals surface area (Å²) in [6.45, 7) is 7.15. The van der Waals surface area contributed by atoms with Gasteiger partial charge in [-0.2, -0.15) is 0 Å². The largest absolute Gasteiger partial charge is 0.474 e. The monoisotopic (exact) mass is 512 g/mol. The zero-order valence-corrected chi connectivity index (χ0v) is 21.8. The lowest BCUT2D eigenvalue weighted by atomic mass is 9.95. The highest BCUT2D eigenvalue weighted by Crippen LogP contribution is 2.48. The average Bonchev–Trinajstić information content (AvgIpc) is 3.22. The molecule has 1 amide bonds. The minimum atomic E-state index is -0.524. The van der Waals surface area contributed by atoms with Crippen molar-refractivity contribution in [1.29, 1.82) is 0 Å². The fourth-order valence-electron chi connectivity index (χ4n) is 4.89. The van der Waals surface area contributed by atoms with Gasteiger partial charge in [0.15, 0.2) is 10.8 Å². The van der Waals surface area contributed by atoms with E-state index in [0.29, 0.717) is 52.2 Å². The number of hydrogen-bond donors (Lipinski definition) is 1. The number of aromatic nitrogens is 4. The number of benzene rings is 1. The van der Waals surface area contributed by atoms with Gasteiger partial charge in [0, 0.05) is 54.5 Å². The third kappa shape index (κ3) is 4.60. The summed E-state index contributed by atoms with van der Waals surface area (Å²) >= 11 is 1.35. The van der Waals surface area contributed by atoms with Crippen molar-refractivity contribution in [3.63, 3.8) is 0 Å². The van der Waals surface area contributed by atoms with Gasteiger partial charge in [-0.1, -0.05) is 30.3 Å². The van der Waals surface area contributed by atoms with E-state index in [0.717, 1.165) is 16.8 Å². The molecule has 0 bridgehead atoms. The number of piperidine rings is 1. The lowest BCUT2D eigenvalue weighted by molar-refractivity contribution is 0.0755. The van der Waals surface area contributed by atoms with Crippen LogP contribution in [0, 0.1) is 18.8 Å². The zero-order chi connectivity index (χ0) is 25.7. The van der Waals surface area contributed by atoms with Gasteiger partial charge in [-0.25, -0.2) is 19.9 Å². The summed E-state index contributed by atoms with van der Waals surface area (Å²) in [5.74, 6) is 1.73. The number of ether oxygens (including phenoxy) is 1. The molecule has 2 fully saturated rings. The van der Waals surface area contributed by atoms with Gasteiger partial charge in [-0.3, -0.25) is 4.79 Å². The first-order chi connectivity index (χ1) is 17.8. The highest BCUT2D eigenvalue weighted by molar-refractivity contribution is 7.17. The van der Waals surface area contributed by atoms with Crippen LogP contribution in [0.4, 0.5) is 0 Å². The Morgan fingerprint density at radius 3 is 2.43 bits per heavy atom. The Kier molecular flexibility index (Phi) is 5.77. The van der Waals surface area contributed by atoms with E-state index in [-0.39, 0.29) is 12.0 Å². The number of nitrogens with zero attached hydrogens (tertiary/aromatic N) is 5. The number of thiazole rings is 1. The molecule has 0 radical (unpaired) electrons. The third-order valence-corrected chi connectivity index (χ3v) is 8.16. The Balaban J connectivity index is 1.15. The maximum atomic E-state index is 13.3. The van der Waals surface area contributed by atoms with Crippen LogP contribution >= 0.6 is 11.3 Å². The molecule has 188 valence electrons. The molecule has 3 aromatic heterocycles. The molecule has 1 aliphatic carbocycles. The second-order valence-electron chi connectivity index (χ2n) is 10.3. The minimum absolute atomic E-state index is 0.0134. The molecule has 3 atom stereocenters. The molecule has 8 nitrogen and oxygen atoms in total. The van der Waals surface area contributed by atoms with Gasteiger partial charge in [0.25, 0.3) is 5.91 Å². The zero-order valence-electron chi connectivity index (χ0n) is 21.0. The van der Waals surface area contributed by atoms with Crippen molar-refractivity contribution in [2.45, 2.75) is 32.4 Å². The van der Waals surface area contributed by atoms with Crippen LogP contribution in [0.5, 0.6) is 5.88 Å². The molecule has 6 rings (SSSR count). The van der Waals surface area contributed by atoms with Crippen LogP contribution in [0.3, 0.4) is 0 Å². The van der Waals surface area contributed by atoms with Crippen LogP contribution in [-0.4, -0.2) is 49.9 Å². The van der Waals surface area contributed by atoms with Crippen molar-refractivity contribution in [2.75, 3.05) is 13.1 Å². The molecule has 37 heavy (non-hydrogen) atoms. The number of carbonyl (C=O) groups is 1. The Morgan fingerprint density at radius 2 is 1.76 bits per heavy atom. The first-order valence-electron chi connectivity index (χ1n) is 12.4. The predicted molar refractivity (Wildman–Crippen MR) is 142 cm³/mol. The fourth-order valence-corrected chi connectivity index (χ4v) is 5.87. The fraction of sp³-hybridized carbons (Fsp3) is 0.321. The normalized spacial score (nSPS) is 20.5. The van der Waals surface area contributed by atoms with E-state index in [1.54, 1.807) is 18.5 Å². The highest BCUT2D eigenvalue weighted by Gasteiger charge is 2.59. The van der Waals surface area contributed by atoms with Crippen molar-refractivity contribution < 1.29 is 9.53 Å². The smallest absolute Gasteiger partial charge is 0.265 e. The van der Waals surface area contributed by atoms with Gasteiger partial charge >= 0.3 is 0 Å². The maximum Gasteiger partial charge on any atom is 0.265 e. The molecule has 9 heteroatoms. The molecule has 2 N–H and O–H groups in total. The molecule has 2 aliphatic rings. The molecule has 0 unspecified atom stereocenters. The molecule has 4 heterocycles. The summed E-state index contributed by atoms with van der Waals surface area (Å²) in [6.07, 6.45) is 3.40. The Bertz CT molecular complexity index is 1440. The average molecular weight is 513 g/mol. The van der Waals surface area contributed by atoms with E-state index in [9.17, 15) is 4.79 Å². The number of hydrogen-bond acceptors (Lipinski definition) is 8. The molecule has 0 spiro atoms. The Labute approximate surface area is 219 Å². The molecule has 1 saturated heterocycles. The van der Waals surface area contributed by atoms with Gasteiger partial charge in [-0.15, -0.1) is 11.3 Å². The molecule has 1 aliphatic heterocycles. The van der Waals surface area contributed by atoms with Gasteiger partial charge in [0.2, 0.25) is 5.88 Å². The molecule has 1 aromatic carbocycles. The van der Waals surface area contributed by atoms with Crippen LogP contribution in [0.15, 0.2) is 60.9 Å². The van der Waals surface area contributed by atoms with E-state index in [1.165, 1.54) is 11.3 Å². The Hall–Kier alpha value is -3.69. The van der Waals surface area contributed by atoms with Crippen molar-refractivity contribution in [2.24, 2.45) is 17.6 Å². The first-order valence-corrected chi connectivity index (χ1v) is 13.2. The number of amides is 1. The minimum Gasteiger partial charge on any atom is -0.474 e. The Morgan fingerprint density at radius 1 is 1.05 bits per heavy atom. The number of nitrogens with two attached hydrogens (primary N) is 1. The number of pyridine rings is 1. The summed E-state index contributed by atoms with van der Waals surface area (Å²) in [5.41, 5.74) is 9.45. The molecular formula is C28H28N6O2S. The molecular weight excluding hydrogens is 484 g/mol. The number of carbonyl (C=O) groups excluding carboxylic acids is 1. The van der Waals surface area contributed by atoms with Crippen LogP contribution in [0.25, 0.3) is 22.1 Å². The number of rotatable bonds is 6. The summed E-state index contributed by atoms with van der Waals surface area (Å²) in [6, 6.07) is 15.8. The summed E-state index contributed by atoms with van der Waals surface area (Å²) in [5, 5.41) is 0.662. The summed E-state index contributed by atoms with van der Waals surface area (Å²) in [4.78, 5) is 33.7. The van der Waals surface area contributed by atoms with Crippen molar-refractivity contribution >= 4 is 17.2 Å². The quantitative estimate of drug-likeness (QED) is 0.410. The summed E-state index contributed by atoms with van der Waals surface area (Å²) in [7, 11) is 0. The second kappa shape index (κ2) is 9.00. The number of fused-ring (bicyclic) bond motifs is 1. The van der Waals surface area contributed by atoms with Gasteiger partial charge in [0.1, 0.15) is 11.0 Å². The topological polar surface area (TPSA) is 107 Å². The third-order valence-electron chi connectivity index (χ3n) is 7.02. The highest BCUT2D eigenvalue weighted by atomic mass is 32.1. The van der Waals surface area contributed by atoms with E-state index >= 15 is 0 Å². The van der Waals surface area contributed by atoms with Crippen LogP contribution in [0.2, 0.25) is 0 Å². The predicted octanol–water partition coefficient (Wildman–Crippen LogP) is 4.31. The number of aryl methyl sites for hydroxylation is 1. The van der Waals surface area contributed by atoms with Crippen LogP contribution in [0.1, 0.15) is 34.8 Å².